The molecular weight excluding hydrogens is 743 g/mol. The number of pyridine rings is 1. The van der Waals surface area contributed by atoms with Crippen LogP contribution in [0.3, 0.4) is 0 Å². The zero-order chi connectivity index (χ0) is 37.9. The summed E-state index contributed by atoms with van der Waals surface area (Å²) in [6, 6.07) is 25.2. The van der Waals surface area contributed by atoms with E-state index in [1.54, 1.807) is 46.2 Å². The number of piperazine rings is 1. The molecule has 0 radical (unpaired) electrons. The van der Waals surface area contributed by atoms with Crippen molar-refractivity contribution >= 4 is 34.6 Å². The molecule has 284 valence electrons. The minimum absolute atomic E-state index is 0.0569. The quantitative estimate of drug-likeness (QED) is 0.144. The number of rotatable bonds is 12. The fourth-order valence-electron chi connectivity index (χ4n) is 6.92. The molecule has 2 saturated heterocycles. The predicted octanol–water partition coefficient (Wildman–Crippen LogP) is 6.03. The van der Waals surface area contributed by atoms with Crippen LogP contribution >= 0.6 is 23.2 Å². The van der Waals surface area contributed by atoms with Crippen LogP contribution in [0.15, 0.2) is 102 Å². The number of hydrogen-bond acceptors (Lipinski definition) is 11. The third kappa shape index (κ3) is 7.67. The van der Waals surface area contributed by atoms with E-state index in [1.807, 2.05) is 50.2 Å². The Morgan fingerprint density at radius 1 is 0.945 bits per heavy atom. The Labute approximate surface area is 327 Å². The van der Waals surface area contributed by atoms with Crippen LogP contribution in [0, 0.1) is 0 Å². The Kier molecular flexibility index (Phi) is 10.6. The largest absolute Gasteiger partial charge is 0.491 e. The predicted molar refractivity (Wildman–Crippen MR) is 209 cm³/mol. The van der Waals surface area contributed by atoms with E-state index in [1.165, 1.54) is 4.68 Å². The van der Waals surface area contributed by atoms with Crippen molar-refractivity contribution in [3.05, 3.63) is 124 Å². The molecule has 0 amide bonds. The second kappa shape index (κ2) is 15.8. The molecule has 16 heteroatoms. The molecule has 14 nitrogen and oxygen atoms in total. The monoisotopic (exact) mass is 782 g/mol. The van der Waals surface area contributed by atoms with E-state index >= 15 is 0 Å². The van der Waals surface area contributed by atoms with Crippen molar-refractivity contribution < 1.29 is 14.2 Å². The maximum absolute atomic E-state index is 12.8. The lowest BCUT2D eigenvalue weighted by atomic mass is 10.1. The van der Waals surface area contributed by atoms with Crippen LogP contribution in [0.4, 0.5) is 11.4 Å². The SMILES string of the molecule is CCC(C)n1ncn(-c2ccc(N3CCN(c4ccc(OC[C@@H]5CO[C@@](Cn6nnnc6-c6cccnc6)(c6ccc(Cl)cc6Cl)O5)cc4)CC3)cc2)c1=O. The molecule has 3 aromatic carbocycles. The number of halogens is 2. The highest BCUT2D eigenvalue weighted by molar-refractivity contribution is 6.35. The molecule has 5 heterocycles. The molecule has 3 atom stereocenters. The Balaban J connectivity index is 0.877. The summed E-state index contributed by atoms with van der Waals surface area (Å²) in [7, 11) is 0. The molecule has 2 aliphatic heterocycles. The van der Waals surface area contributed by atoms with E-state index in [0.29, 0.717) is 21.4 Å². The molecule has 2 fully saturated rings. The highest BCUT2D eigenvalue weighted by Crippen LogP contribution is 2.41. The zero-order valence-electron chi connectivity index (χ0n) is 30.4. The van der Waals surface area contributed by atoms with Gasteiger partial charge in [0.2, 0.25) is 5.79 Å². The third-order valence-corrected chi connectivity index (χ3v) is 10.7. The first kappa shape index (κ1) is 36.7. The number of aromatic nitrogens is 8. The van der Waals surface area contributed by atoms with Crippen LogP contribution in [0.5, 0.6) is 5.75 Å². The van der Waals surface area contributed by atoms with Gasteiger partial charge in [-0.15, -0.1) is 5.10 Å². The maximum atomic E-state index is 12.8. The molecule has 2 aliphatic rings. The van der Waals surface area contributed by atoms with Gasteiger partial charge in [-0.1, -0.05) is 36.2 Å². The van der Waals surface area contributed by atoms with Crippen LogP contribution in [0.1, 0.15) is 31.9 Å². The normalized spacial score (nSPS) is 19.2. The van der Waals surface area contributed by atoms with E-state index < -0.39 is 11.9 Å². The first-order valence-corrected chi connectivity index (χ1v) is 19.0. The summed E-state index contributed by atoms with van der Waals surface area (Å²) in [4.78, 5) is 21.8. The van der Waals surface area contributed by atoms with Gasteiger partial charge in [0.25, 0.3) is 0 Å². The Morgan fingerprint density at radius 3 is 2.33 bits per heavy atom. The number of tetrazole rings is 1. The molecular formula is C39H40Cl2N10O4. The molecule has 0 spiro atoms. The van der Waals surface area contributed by atoms with Crippen LogP contribution in [-0.4, -0.2) is 85.0 Å². The average Bonchev–Trinajstić information content (AvgIpc) is 3.96. The average molecular weight is 784 g/mol. The van der Waals surface area contributed by atoms with Crippen molar-refractivity contribution in [1.82, 2.24) is 39.5 Å². The van der Waals surface area contributed by atoms with Gasteiger partial charge in [0.1, 0.15) is 31.3 Å². The van der Waals surface area contributed by atoms with Gasteiger partial charge in [-0.25, -0.2) is 18.7 Å². The van der Waals surface area contributed by atoms with E-state index in [-0.39, 0.29) is 31.5 Å². The zero-order valence-corrected chi connectivity index (χ0v) is 31.9. The van der Waals surface area contributed by atoms with E-state index in [0.717, 1.165) is 61.0 Å². The van der Waals surface area contributed by atoms with Crippen molar-refractivity contribution in [1.29, 1.82) is 0 Å². The third-order valence-electron chi connectivity index (χ3n) is 10.1. The van der Waals surface area contributed by atoms with Gasteiger partial charge in [0.15, 0.2) is 5.82 Å². The molecule has 0 N–H and O–H groups in total. The number of nitrogens with zero attached hydrogens (tertiary/aromatic N) is 10. The lowest BCUT2D eigenvalue weighted by Gasteiger charge is -2.37. The minimum atomic E-state index is -1.30. The van der Waals surface area contributed by atoms with Gasteiger partial charge in [-0.3, -0.25) is 4.98 Å². The van der Waals surface area contributed by atoms with Crippen LogP contribution in [0.25, 0.3) is 17.1 Å². The number of hydrogen-bond donors (Lipinski definition) is 0. The number of ether oxygens (including phenoxy) is 3. The number of benzene rings is 3. The summed E-state index contributed by atoms with van der Waals surface area (Å²) in [6.07, 6.45) is 5.42. The number of anilines is 2. The molecule has 1 unspecified atom stereocenters. The van der Waals surface area contributed by atoms with Gasteiger partial charge in [-0.05, 0) is 96.6 Å². The van der Waals surface area contributed by atoms with Crippen LogP contribution < -0.4 is 20.2 Å². The van der Waals surface area contributed by atoms with Crippen molar-refractivity contribution in [3.8, 4) is 22.8 Å². The van der Waals surface area contributed by atoms with Crippen molar-refractivity contribution in [2.75, 3.05) is 49.2 Å². The smallest absolute Gasteiger partial charge is 0.350 e. The summed E-state index contributed by atoms with van der Waals surface area (Å²) in [5.41, 5.74) is 4.30. The Hall–Kier alpha value is -5.28. The fraction of sp³-hybridized carbons (Fsp3) is 0.333. The summed E-state index contributed by atoms with van der Waals surface area (Å²) in [5, 5.41) is 17.6. The first-order chi connectivity index (χ1) is 26.8. The van der Waals surface area contributed by atoms with Crippen molar-refractivity contribution in [2.45, 2.75) is 44.7 Å². The second-order valence-electron chi connectivity index (χ2n) is 13.6. The molecule has 3 aromatic heterocycles. The molecule has 0 aliphatic carbocycles. The summed E-state index contributed by atoms with van der Waals surface area (Å²) < 4.78 is 24.0. The summed E-state index contributed by atoms with van der Waals surface area (Å²) in [6.45, 7) is 8.17. The molecule has 0 bridgehead atoms. The molecule has 55 heavy (non-hydrogen) atoms. The van der Waals surface area contributed by atoms with Crippen molar-refractivity contribution in [2.24, 2.45) is 0 Å². The summed E-state index contributed by atoms with van der Waals surface area (Å²) in [5.74, 6) is -0.0607. The van der Waals surface area contributed by atoms with E-state index in [9.17, 15) is 4.79 Å². The highest BCUT2D eigenvalue weighted by Gasteiger charge is 2.46. The van der Waals surface area contributed by atoms with Gasteiger partial charge in [-0.2, -0.15) is 5.10 Å². The lowest BCUT2D eigenvalue weighted by Crippen LogP contribution is -2.46. The van der Waals surface area contributed by atoms with Gasteiger partial charge in [0.05, 0.1) is 23.4 Å². The Morgan fingerprint density at radius 2 is 1.65 bits per heavy atom. The van der Waals surface area contributed by atoms with Crippen molar-refractivity contribution in [3.63, 3.8) is 0 Å². The van der Waals surface area contributed by atoms with Crippen LogP contribution in [0.2, 0.25) is 10.0 Å². The lowest BCUT2D eigenvalue weighted by molar-refractivity contribution is -0.190. The van der Waals surface area contributed by atoms with E-state index in [2.05, 4.69) is 59.7 Å². The highest BCUT2D eigenvalue weighted by atomic mass is 35.5. The molecule has 8 rings (SSSR count). The fourth-order valence-corrected chi connectivity index (χ4v) is 7.48. The summed E-state index contributed by atoms with van der Waals surface area (Å²) >= 11 is 13.0. The maximum Gasteiger partial charge on any atom is 0.350 e. The first-order valence-electron chi connectivity index (χ1n) is 18.2. The van der Waals surface area contributed by atoms with Crippen LogP contribution in [-0.2, 0) is 21.8 Å². The topological polar surface area (TPSA) is 130 Å². The standard InChI is InChI=1S/C39H40Cl2N10O4/c1-3-27(2)51-38(52)49(26-43-51)32-9-7-30(8-10-32)47-17-19-48(20-18-47)31-11-13-33(14-12-31)53-23-34-24-54-39(55-34,35-15-6-29(40)21-36(35)41)25-50-37(44-45-46-50)28-5-4-16-42-22-28/h4-16,21-22,26-27,34H,3,17-20,23-25H2,1-2H3/t27?,34-,39-/m1/s1. The molecule has 0 saturated carbocycles. The second-order valence-corrected chi connectivity index (χ2v) is 14.5. The van der Waals surface area contributed by atoms with E-state index in [4.69, 9.17) is 37.4 Å². The van der Waals surface area contributed by atoms with Gasteiger partial charge in [0, 0.05) is 66.1 Å². The minimum Gasteiger partial charge on any atom is -0.491 e. The van der Waals surface area contributed by atoms with Gasteiger partial charge >= 0.3 is 5.69 Å². The van der Waals surface area contributed by atoms with Gasteiger partial charge < -0.3 is 24.0 Å². The Bertz CT molecular complexity index is 2270. The molecule has 6 aromatic rings.